The van der Waals surface area contributed by atoms with E-state index in [-0.39, 0.29) is 28.5 Å². The predicted molar refractivity (Wildman–Crippen MR) is 139 cm³/mol. The lowest BCUT2D eigenvalue weighted by atomic mass is 9.92. The molecule has 7 nitrogen and oxygen atoms in total. The number of carbonyl (C=O) groups is 3. The van der Waals surface area contributed by atoms with Crippen LogP contribution in [0.3, 0.4) is 0 Å². The largest absolute Gasteiger partial charge is 0.479 e. The Morgan fingerprint density at radius 3 is 2.51 bits per heavy atom. The number of rotatable bonds is 9. The van der Waals surface area contributed by atoms with Crippen LogP contribution in [0.5, 0.6) is 5.75 Å². The molecule has 0 atom stereocenters. The van der Waals surface area contributed by atoms with Gasteiger partial charge in [-0.15, -0.1) is 22.7 Å². The van der Waals surface area contributed by atoms with Gasteiger partial charge in [0.1, 0.15) is 0 Å². The summed E-state index contributed by atoms with van der Waals surface area (Å²) in [6, 6.07) is 8.05. The Morgan fingerprint density at radius 1 is 1.11 bits per heavy atom. The molecule has 0 aliphatic heterocycles. The Hall–Kier alpha value is -2.91. The number of anilines is 1. The van der Waals surface area contributed by atoms with Crippen molar-refractivity contribution in [2.45, 2.75) is 58.4 Å². The average molecular weight is 516 g/mol. The Kier molecular flexibility index (Phi) is 7.76. The van der Waals surface area contributed by atoms with Gasteiger partial charge in [0.25, 0.3) is 0 Å². The lowest BCUT2D eigenvalue weighted by Gasteiger charge is -2.35. The van der Waals surface area contributed by atoms with Gasteiger partial charge in [-0.05, 0) is 36.5 Å². The molecule has 186 valence electrons. The third-order valence-corrected chi connectivity index (χ3v) is 8.42. The molecule has 1 saturated carbocycles. The molecule has 2 aromatic heterocycles. The molecule has 0 bridgehead atoms. The topological polar surface area (TPSA) is 104 Å². The van der Waals surface area contributed by atoms with Gasteiger partial charge in [-0.2, -0.15) is 0 Å². The molecule has 0 unspecified atom stereocenters. The minimum Gasteiger partial charge on any atom is -0.479 e. The summed E-state index contributed by atoms with van der Waals surface area (Å²) in [6.45, 7) is 3.50. The summed E-state index contributed by atoms with van der Waals surface area (Å²) in [4.78, 5) is 38.1. The van der Waals surface area contributed by atoms with E-state index in [1.807, 2.05) is 34.5 Å². The lowest BCUT2D eigenvalue weighted by molar-refractivity contribution is -0.139. The number of hydrogen-bond acceptors (Lipinski definition) is 6. The van der Waals surface area contributed by atoms with Gasteiger partial charge in [0.2, 0.25) is 5.91 Å². The highest BCUT2D eigenvalue weighted by Crippen LogP contribution is 2.47. The van der Waals surface area contributed by atoms with Crippen molar-refractivity contribution < 1.29 is 29.3 Å². The van der Waals surface area contributed by atoms with Crippen molar-refractivity contribution in [1.29, 1.82) is 0 Å². The highest BCUT2D eigenvalue weighted by Gasteiger charge is 2.28. The molecule has 2 heterocycles. The molecular formula is C26H29NO6S2. The van der Waals surface area contributed by atoms with Crippen LogP contribution in [0.25, 0.3) is 20.5 Å². The van der Waals surface area contributed by atoms with Crippen LogP contribution in [0.2, 0.25) is 0 Å². The first kappa shape index (κ1) is 25.2. The van der Waals surface area contributed by atoms with E-state index < -0.39 is 18.5 Å². The number of carboxylic acid groups (broad SMARTS) is 2. The zero-order valence-electron chi connectivity index (χ0n) is 19.8. The summed E-state index contributed by atoms with van der Waals surface area (Å²) in [5.41, 5.74) is 2.59. The highest BCUT2D eigenvalue weighted by atomic mass is 32.1. The van der Waals surface area contributed by atoms with Crippen LogP contribution in [0.15, 0.2) is 29.6 Å². The quantitative estimate of drug-likeness (QED) is 0.337. The number of aliphatic carboxylic acids is 1. The molecule has 0 saturated heterocycles. The van der Waals surface area contributed by atoms with Gasteiger partial charge in [-0.25, -0.2) is 9.59 Å². The molecule has 0 radical (unpaired) electrons. The Labute approximate surface area is 212 Å². The fourth-order valence-electron chi connectivity index (χ4n) is 4.63. The van der Waals surface area contributed by atoms with E-state index in [1.165, 1.54) is 17.8 Å². The average Bonchev–Trinajstić information content (AvgIpc) is 3.38. The first-order valence-corrected chi connectivity index (χ1v) is 13.5. The normalized spacial score (nSPS) is 14.4. The van der Waals surface area contributed by atoms with E-state index in [0.717, 1.165) is 58.5 Å². The second-order valence-electron chi connectivity index (χ2n) is 9.26. The number of thiophene rings is 2. The molecule has 4 rings (SSSR count). The van der Waals surface area contributed by atoms with E-state index in [2.05, 4.69) is 13.8 Å². The van der Waals surface area contributed by atoms with Gasteiger partial charge in [0.15, 0.2) is 17.2 Å². The lowest BCUT2D eigenvalue weighted by Crippen LogP contribution is -2.42. The first-order chi connectivity index (χ1) is 16.8. The van der Waals surface area contributed by atoms with Crippen LogP contribution in [-0.4, -0.2) is 40.7 Å². The van der Waals surface area contributed by atoms with Crippen LogP contribution in [0.1, 0.15) is 62.0 Å². The second kappa shape index (κ2) is 10.8. The van der Waals surface area contributed by atoms with E-state index in [1.54, 1.807) is 0 Å². The van der Waals surface area contributed by atoms with E-state index in [0.29, 0.717) is 11.1 Å². The molecule has 1 aromatic carbocycles. The fourth-order valence-corrected chi connectivity index (χ4v) is 7.03. The third-order valence-electron chi connectivity index (χ3n) is 6.12. The SMILES string of the molecule is CC(C)CC(=O)N(c1cccc(-c2csc3c(OCC(=O)O)c(C(=O)O)sc23)c1)C1CCCCC1. The van der Waals surface area contributed by atoms with Gasteiger partial charge in [0, 0.05) is 29.1 Å². The molecule has 1 aliphatic rings. The van der Waals surface area contributed by atoms with E-state index in [4.69, 9.17) is 9.84 Å². The van der Waals surface area contributed by atoms with Gasteiger partial charge in [-0.3, -0.25) is 4.79 Å². The summed E-state index contributed by atoms with van der Waals surface area (Å²) in [6.07, 6.45) is 5.91. The second-order valence-corrected chi connectivity index (χ2v) is 11.2. The van der Waals surface area contributed by atoms with Gasteiger partial charge in [0.05, 0.1) is 9.40 Å². The number of carbonyl (C=O) groups excluding carboxylic acids is 1. The number of carboxylic acids is 2. The van der Waals surface area contributed by atoms with Gasteiger partial charge in [-0.1, -0.05) is 45.2 Å². The first-order valence-electron chi connectivity index (χ1n) is 11.8. The molecule has 2 N–H and O–H groups in total. The molecular weight excluding hydrogens is 486 g/mol. The molecule has 1 aliphatic carbocycles. The number of ether oxygens (including phenoxy) is 1. The van der Waals surface area contributed by atoms with Crippen LogP contribution in [-0.2, 0) is 9.59 Å². The minimum absolute atomic E-state index is 0.0125. The molecule has 35 heavy (non-hydrogen) atoms. The molecule has 3 aromatic rings. The van der Waals surface area contributed by atoms with Gasteiger partial charge >= 0.3 is 11.9 Å². The number of nitrogens with zero attached hydrogens (tertiary/aromatic N) is 1. The van der Waals surface area contributed by atoms with Crippen LogP contribution < -0.4 is 9.64 Å². The monoisotopic (exact) mass is 515 g/mol. The van der Waals surface area contributed by atoms with Crippen molar-refractivity contribution in [3.8, 4) is 16.9 Å². The third kappa shape index (κ3) is 5.51. The zero-order valence-corrected chi connectivity index (χ0v) is 21.4. The predicted octanol–water partition coefficient (Wildman–Crippen LogP) is 6.50. The van der Waals surface area contributed by atoms with Gasteiger partial charge < -0.3 is 19.8 Å². The number of hydrogen-bond donors (Lipinski definition) is 2. The van der Waals surface area contributed by atoms with Crippen LogP contribution in [0, 0.1) is 5.92 Å². The number of aromatic carboxylic acids is 1. The maximum atomic E-state index is 13.3. The minimum atomic E-state index is -1.17. The van der Waals surface area contributed by atoms with Crippen molar-refractivity contribution in [2.24, 2.45) is 5.92 Å². The van der Waals surface area contributed by atoms with Crippen LogP contribution >= 0.6 is 22.7 Å². The number of fused-ring (bicyclic) bond motifs is 1. The summed E-state index contributed by atoms with van der Waals surface area (Å²) in [5, 5.41) is 20.6. The van der Waals surface area contributed by atoms with Crippen molar-refractivity contribution in [3.05, 3.63) is 34.5 Å². The van der Waals surface area contributed by atoms with Crippen LogP contribution in [0.4, 0.5) is 5.69 Å². The zero-order chi connectivity index (χ0) is 25.1. The van der Waals surface area contributed by atoms with Crippen molar-refractivity contribution in [3.63, 3.8) is 0 Å². The molecule has 9 heteroatoms. The summed E-state index contributed by atoms with van der Waals surface area (Å²) >= 11 is 2.41. The molecule has 1 fully saturated rings. The fraction of sp³-hybridized carbons (Fsp3) is 0.423. The number of benzene rings is 1. The van der Waals surface area contributed by atoms with E-state index in [9.17, 15) is 19.5 Å². The smallest absolute Gasteiger partial charge is 0.349 e. The molecule has 0 spiro atoms. The number of amides is 1. The summed E-state index contributed by atoms with van der Waals surface area (Å²) in [5.74, 6) is -1.82. The Morgan fingerprint density at radius 2 is 1.86 bits per heavy atom. The maximum Gasteiger partial charge on any atom is 0.349 e. The Bertz CT molecular complexity index is 1240. The van der Waals surface area contributed by atoms with Crippen molar-refractivity contribution >= 4 is 55.6 Å². The van der Waals surface area contributed by atoms with E-state index >= 15 is 0 Å². The van der Waals surface area contributed by atoms with Crippen molar-refractivity contribution in [1.82, 2.24) is 0 Å². The Balaban J connectivity index is 1.74. The maximum absolute atomic E-state index is 13.3. The van der Waals surface area contributed by atoms with Crippen molar-refractivity contribution in [2.75, 3.05) is 11.5 Å². The standard InChI is InChI=1S/C26H29NO6S2/c1-15(2)11-20(28)27(17-8-4-3-5-9-17)18-10-6-7-16(12-18)19-14-34-24-22(33-13-21(29)30)25(26(31)32)35-23(19)24/h6-7,10,12,14-15,17H,3-5,8-9,11,13H2,1-2H3,(H,29,30)(H,31,32). The summed E-state index contributed by atoms with van der Waals surface area (Å²) < 4.78 is 6.72. The molecule has 1 amide bonds. The summed E-state index contributed by atoms with van der Waals surface area (Å²) in [7, 11) is 0. The highest BCUT2D eigenvalue weighted by molar-refractivity contribution is 7.29.